The van der Waals surface area contributed by atoms with Crippen LogP contribution in [-0.4, -0.2) is 36.6 Å². The van der Waals surface area contributed by atoms with E-state index < -0.39 is 0 Å². The summed E-state index contributed by atoms with van der Waals surface area (Å²) in [6.07, 6.45) is 0. The summed E-state index contributed by atoms with van der Waals surface area (Å²) in [5, 5.41) is 21.2. The van der Waals surface area contributed by atoms with Gasteiger partial charge < -0.3 is 4.74 Å². The fraction of sp³-hybridized carbons (Fsp3) is 0.100. The molecule has 3 heterocycles. The molecule has 0 saturated heterocycles. The number of benzene rings is 2. The first-order valence-corrected chi connectivity index (χ1v) is 9.80. The van der Waals surface area contributed by atoms with E-state index in [0.717, 1.165) is 21.9 Å². The van der Waals surface area contributed by atoms with E-state index >= 15 is 0 Å². The van der Waals surface area contributed by atoms with Crippen molar-refractivity contribution in [3.05, 3.63) is 60.4 Å². The van der Waals surface area contributed by atoms with Crippen molar-refractivity contribution in [3.8, 4) is 39.1 Å². The van der Waals surface area contributed by atoms with Crippen molar-refractivity contribution in [2.45, 2.75) is 6.92 Å². The van der Waals surface area contributed by atoms with Crippen molar-refractivity contribution in [2.75, 3.05) is 6.61 Å². The number of ether oxygens (including phenoxy) is 1. The summed E-state index contributed by atoms with van der Waals surface area (Å²) < 4.78 is 20.4. The Labute approximate surface area is 168 Å². The van der Waals surface area contributed by atoms with Gasteiger partial charge in [-0.05, 0) is 49.4 Å². The smallest absolute Gasteiger partial charge is 0.235 e. The van der Waals surface area contributed by atoms with Gasteiger partial charge in [0.15, 0.2) is 0 Å². The molecule has 0 bridgehead atoms. The van der Waals surface area contributed by atoms with Crippen LogP contribution in [0, 0.1) is 5.82 Å². The van der Waals surface area contributed by atoms with E-state index in [1.807, 2.05) is 37.3 Å². The average Bonchev–Trinajstić information content (AvgIpc) is 3.45. The predicted octanol–water partition coefficient (Wildman–Crippen LogP) is 4.45. The lowest BCUT2D eigenvalue weighted by Crippen LogP contribution is -1.92. The lowest BCUT2D eigenvalue weighted by Gasteiger charge is -2.03. The molecule has 0 aliphatic rings. The predicted molar refractivity (Wildman–Crippen MR) is 108 cm³/mol. The first kappa shape index (κ1) is 17.5. The van der Waals surface area contributed by atoms with Crippen LogP contribution in [0.25, 0.3) is 38.3 Å². The van der Waals surface area contributed by atoms with Gasteiger partial charge in [-0.15, -0.1) is 10.2 Å². The van der Waals surface area contributed by atoms with Crippen LogP contribution in [0.1, 0.15) is 6.92 Å². The van der Waals surface area contributed by atoms with Crippen LogP contribution in [0.15, 0.2) is 54.6 Å². The number of hydrogen-bond donors (Lipinski definition) is 1. The van der Waals surface area contributed by atoms with Gasteiger partial charge in [-0.1, -0.05) is 23.5 Å². The van der Waals surface area contributed by atoms with Gasteiger partial charge in [0.25, 0.3) is 0 Å². The number of hydrogen-bond acceptors (Lipinski definition) is 6. The van der Waals surface area contributed by atoms with Crippen LogP contribution in [0.4, 0.5) is 4.39 Å². The Balaban J connectivity index is 1.51. The molecule has 1 N–H and O–H groups in total. The maximum Gasteiger partial charge on any atom is 0.235 e. The van der Waals surface area contributed by atoms with Crippen molar-refractivity contribution < 1.29 is 9.13 Å². The molecule has 5 rings (SSSR count). The Kier molecular flexibility index (Phi) is 4.28. The molecule has 144 valence electrons. The standard InChI is InChI=1S/C20H15FN6OS/c1-2-28-15-5-3-4-13(10-15)19-26-27-18(24-25-20(27)29-19)17-11-16(22-23-17)12-6-8-14(21)9-7-12/h3-11H,2H2,1H3,(H,22,23). The Morgan fingerprint density at radius 2 is 1.93 bits per heavy atom. The third-order valence-electron chi connectivity index (χ3n) is 4.34. The van der Waals surface area contributed by atoms with Crippen LogP contribution in [0.2, 0.25) is 0 Å². The van der Waals surface area contributed by atoms with E-state index in [0.29, 0.717) is 28.8 Å². The van der Waals surface area contributed by atoms with Gasteiger partial charge in [0, 0.05) is 11.1 Å². The van der Waals surface area contributed by atoms with Crippen molar-refractivity contribution in [1.82, 2.24) is 30.0 Å². The monoisotopic (exact) mass is 406 g/mol. The Morgan fingerprint density at radius 1 is 1.07 bits per heavy atom. The number of aromatic amines is 1. The summed E-state index contributed by atoms with van der Waals surface area (Å²) in [4.78, 5) is 0.676. The number of nitrogens with one attached hydrogen (secondary N) is 1. The molecule has 0 fully saturated rings. The highest BCUT2D eigenvalue weighted by Gasteiger charge is 2.17. The summed E-state index contributed by atoms with van der Waals surface area (Å²) in [5.74, 6) is 1.07. The molecule has 0 spiro atoms. The number of rotatable bonds is 5. The molecule has 2 aromatic carbocycles. The molecule has 0 atom stereocenters. The van der Waals surface area contributed by atoms with Gasteiger partial charge in [0.2, 0.25) is 10.8 Å². The van der Waals surface area contributed by atoms with Crippen molar-refractivity contribution >= 4 is 16.3 Å². The number of fused-ring (bicyclic) bond motifs is 1. The fourth-order valence-corrected chi connectivity index (χ4v) is 3.83. The molecule has 0 aliphatic carbocycles. The molecular weight excluding hydrogens is 391 g/mol. The topological polar surface area (TPSA) is 81.0 Å². The minimum Gasteiger partial charge on any atom is -0.494 e. The highest BCUT2D eigenvalue weighted by Crippen LogP contribution is 2.30. The molecular formula is C20H15FN6OS. The second-order valence-electron chi connectivity index (χ2n) is 6.26. The first-order chi connectivity index (χ1) is 14.2. The van der Waals surface area contributed by atoms with Gasteiger partial charge >= 0.3 is 0 Å². The number of aromatic nitrogens is 6. The highest BCUT2D eigenvalue weighted by atomic mass is 32.1. The molecule has 5 aromatic rings. The third kappa shape index (κ3) is 3.25. The molecule has 0 aliphatic heterocycles. The maximum absolute atomic E-state index is 13.2. The van der Waals surface area contributed by atoms with E-state index in [2.05, 4.69) is 25.5 Å². The van der Waals surface area contributed by atoms with Crippen LogP contribution >= 0.6 is 11.3 Å². The zero-order valence-corrected chi connectivity index (χ0v) is 16.2. The van der Waals surface area contributed by atoms with Gasteiger partial charge in [-0.25, -0.2) is 4.39 Å². The summed E-state index contributed by atoms with van der Waals surface area (Å²) in [6, 6.07) is 15.8. The van der Waals surface area contributed by atoms with E-state index in [4.69, 9.17) is 4.74 Å². The van der Waals surface area contributed by atoms with E-state index in [-0.39, 0.29) is 5.82 Å². The number of H-pyrrole nitrogens is 1. The van der Waals surface area contributed by atoms with Crippen molar-refractivity contribution in [1.29, 1.82) is 0 Å². The largest absolute Gasteiger partial charge is 0.494 e. The van der Waals surface area contributed by atoms with Crippen LogP contribution in [-0.2, 0) is 0 Å². The second-order valence-corrected chi connectivity index (χ2v) is 7.22. The van der Waals surface area contributed by atoms with E-state index in [1.165, 1.54) is 23.5 Å². The lowest BCUT2D eigenvalue weighted by atomic mass is 10.1. The zero-order chi connectivity index (χ0) is 19.8. The summed E-state index contributed by atoms with van der Waals surface area (Å²) >= 11 is 1.44. The average molecular weight is 406 g/mol. The minimum atomic E-state index is -0.285. The van der Waals surface area contributed by atoms with Gasteiger partial charge in [0.05, 0.1) is 12.3 Å². The first-order valence-electron chi connectivity index (χ1n) is 8.98. The van der Waals surface area contributed by atoms with Crippen LogP contribution in [0.5, 0.6) is 5.75 Å². The number of nitrogens with zero attached hydrogens (tertiary/aromatic N) is 5. The SMILES string of the molecule is CCOc1cccc(-c2nn3c(-c4cc(-c5ccc(F)cc5)n[nH]4)nnc3s2)c1. The molecule has 0 amide bonds. The van der Waals surface area contributed by atoms with E-state index in [9.17, 15) is 4.39 Å². The van der Waals surface area contributed by atoms with Crippen LogP contribution < -0.4 is 4.74 Å². The van der Waals surface area contributed by atoms with Crippen molar-refractivity contribution in [3.63, 3.8) is 0 Å². The maximum atomic E-state index is 13.2. The summed E-state index contributed by atoms with van der Waals surface area (Å²) in [6.45, 7) is 2.56. The Morgan fingerprint density at radius 3 is 2.76 bits per heavy atom. The zero-order valence-electron chi connectivity index (χ0n) is 15.3. The molecule has 9 heteroatoms. The molecule has 3 aromatic heterocycles. The fourth-order valence-electron chi connectivity index (χ4n) is 2.99. The van der Waals surface area contributed by atoms with Crippen molar-refractivity contribution in [2.24, 2.45) is 0 Å². The number of halogens is 1. The quantitative estimate of drug-likeness (QED) is 0.466. The van der Waals surface area contributed by atoms with Gasteiger partial charge in [-0.2, -0.15) is 14.7 Å². The Hall–Kier alpha value is -3.59. The summed E-state index contributed by atoms with van der Waals surface area (Å²) in [5.41, 5.74) is 3.13. The van der Waals surface area contributed by atoms with Gasteiger partial charge in [0.1, 0.15) is 22.3 Å². The molecule has 29 heavy (non-hydrogen) atoms. The minimum absolute atomic E-state index is 0.285. The molecule has 0 unspecified atom stereocenters. The van der Waals surface area contributed by atoms with Crippen LogP contribution in [0.3, 0.4) is 0 Å². The molecule has 7 nitrogen and oxygen atoms in total. The normalized spacial score (nSPS) is 11.2. The molecule has 0 radical (unpaired) electrons. The highest BCUT2D eigenvalue weighted by molar-refractivity contribution is 7.19. The summed E-state index contributed by atoms with van der Waals surface area (Å²) in [7, 11) is 0. The Bertz CT molecular complexity index is 1290. The van der Waals surface area contributed by atoms with E-state index in [1.54, 1.807) is 16.6 Å². The lowest BCUT2D eigenvalue weighted by molar-refractivity contribution is 0.340. The third-order valence-corrected chi connectivity index (χ3v) is 5.29. The second kappa shape index (κ2) is 7.10. The van der Waals surface area contributed by atoms with Gasteiger partial charge in [-0.3, -0.25) is 5.10 Å². The molecule has 0 saturated carbocycles.